The molecule has 1 aromatic carbocycles. The molecule has 0 spiro atoms. The molecule has 5 rings (SSSR count). The maximum Gasteiger partial charge on any atom is 0.289 e. The summed E-state index contributed by atoms with van der Waals surface area (Å²) in [6, 6.07) is 8.70. The van der Waals surface area contributed by atoms with Crippen molar-refractivity contribution in [3.8, 4) is 23.1 Å². The van der Waals surface area contributed by atoms with Gasteiger partial charge in [-0.3, -0.25) is 19.1 Å². The molecule has 0 radical (unpaired) electrons. The number of halogens is 1. The van der Waals surface area contributed by atoms with Crippen LogP contribution in [0.3, 0.4) is 0 Å². The standard InChI is InChI=1S/C27H27ClN4O5/c1-36-20-4-3-5-21(37-2)24(20)32-22(11-8-16-6-7-16)30-25(33)23(27(32)35)26(34)31-13-12-17(15-31)19-10-9-18(28)14-29-19/h3-5,9-10,12,14,16,35H,6-8,11,13,15H2,1-2H3. The predicted octanol–water partition coefficient (Wildman–Crippen LogP) is 3.89. The Morgan fingerprint density at radius 2 is 1.89 bits per heavy atom. The second-order valence-electron chi connectivity index (χ2n) is 9.14. The number of pyridine rings is 1. The van der Waals surface area contributed by atoms with Gasteiger partial charge in [-0.15, -0.1) is 0 Å². The van der Waals surface area contributed by atoms with E-state index in [1.807, 2.05) is 6.08 Å². The first kappa shape index (κ1) is 24.8. The predicted molar refractivity (Wildman–Crippen MR) is 139 cm³/mol. The van der Waals surface area contributed by atoms with Gasteiger partial charge in [0.1, 0.15) is 23.0 Å². The van der Waals surface area contributed by atoms with Crippen LogP contribution in [0.5, 0.6) is 17.4 Å². The Hall–Kier alpha value is -3.85. The van der Waals surface area contributed by atoms with Crippen LogP contribution in [-0.2, 0) is 6.42 Å². The van der Waals surface area contributed by atoms with Crippen molar-refractivity contribution in [1.29, 1.82) is 0 Å². The number of ether oxygens (including phenoxy) is 2. The molecule has 37 heavy (non-hydrogen) atoms. The van der Waals surface area contributed by atoms with Gasteiger partial charge in [0.2, 0.25) is 5.88 Å². The van der Waals surface area contributed by atoms with Crippen LogP contribution in [0.2, 0.25) is 5.02 Å². The third-order valence-corrected chi connectivity index (χ3v) is 6.94. The lowest BCUT2D eigenvalue weighted by atomic mass is 10.1. The van der Waals surface area contributed by atoms with Crippen molar-refractivity contribution in [3.05, 3.63) is 75.1 Å². The van der Waals surface area contributed by atoms with E-state index < -0.39 is 22.9 Å². The van der Waals surface area contributed by atoms with Gasteiger partial charge in [0, 0.05) is 25.7 Å². The molecule has 10 heteroatoms. The zero-order chi connectivity index (χ0) is 26.1. The van der Waals surface area contributed by atoms with Crippen molar-refractivity contribution >= 4 is 23.1 Å². The number of para-hydroxylation sites is 1. The first-order chi connectivity index (χ1) is 17.9. The Kier molecular flexibility index (Phi) is 6.88. The molecular weight excluding hydrogens is 496 g/mol. The van der Waals surface area contributed by atoms with Gasteiger partial charge in [-0.25, -0.2) is 0 Å². The zero-order valence-corrected chi connectivity index (χ0v) is 21.4. The first-order valence-electron chi connectivity index (χ1n) is 12.1. The van der Waals surface area contributed by atoms with Gasteiger partial charge in [-0.2, -0.15) is 4.98 Å². The molecule has 3 aromatic rings. The molecule has 0 unspecified atom stereocenters. The van der Waals surface area contributed by atoms with E-state index in [4.69, 9.17) is 21.1 Å². The summed E-state index contributed by atoms with van der Waals surface area (Å²) in [5, 5.41) is 12.0. The minimum atomic E-state index is -0.767. The lowest BCUT2D eigenvalue weighted by Gasteiger charge is -2.22. The number of methoxy groups -OCH3 is 2. The van der Waals surface area contributed by atoms with E-state index in [0.717, 1.165) is 24.8 Å². The van der Waals surface area contributed by atoms with Crippen LogP contribution < -0.4 is 15.0 Å². The average molecular weight is 523 g/mol. The number of carbonyl (C=O) groups excluding carboxylic acids is 1. The van der Waals surface area contributed by atoms with Crippen molar-refractivity contribution in [1.82, 2.24) is 19.4 Å². The summed E-state index contributed by atoms with van der Waals surface area (Å²) in [4.78, 5) is 36.8. The van der Waals surface area contributed by atoms with Gasteiger partial charge in [0.15, 0.2) is 5.56 Å². The number of aromatic hydroxyl groups is 1. The normalized spacial score (nSPS) is 15.0. The van der Waals surface area contributed by atoms with Crippen molar-refractivity contribution in [2.24, 2.45) is 5.92 Å². The fourth-order valence-corrected chi connectivity index (χ4v) is 4.67. The van der Waals surface area contributed by atoms with E-state index in [2.05, 4.69) is 9.97 Å². The summed E-state index contributed by atoms with van der Waals surface area (Å²) >= 11 is 5.94. The molecular formula is C27H27ClN4O5. The highest BCUT2D eigenvalue weighted by molar-refractivity contribution is 6.30. The quantitative estimate of drug-likeness (QED) is 0.478. The molecule has 0 bridgehead atoms. The van der Waals surface area contributed by atoms with E-state index >= 15 is 0 Å². The van der Waals surface area contributed by atoms with Gasteiger partial charge in [0.05, 0.1) is 24.9 Å². The summed E-state index contributed by atoms with van der Waals surface area (Å²) < 4.78 is 12.5. The maximum atomic E-state index is 13.6. The van der Waals surface area contributed by atoms with Crippen molar-refractivity contribution in [2.75, 3.05) is 27.3 Å². The number of aromatic nitrogens is 3. The molecule has 2 aromatic heterocycles. The highest BCUT2D eigenvalue weighted by Gasteiger charge is 2.32. The van der Waals surface area contributed by atoms with E-state index in [-0.39, 0.29) is 13.1 Å². The third kappa shape index (κ3) is 4.91. The molecule has 0 atom stereocenters. The molecule has 9 nitrogen and oxygen atoms in total. The lowest BCUT2D eigenvalue weighted by Crippen LogP contribution is -2.35. The molecule has 1 saturated carbocycles. The van der Waals surface area contributed by atoms with Crippen molar-refractivity contribution < 1.29 is 19.4 Å². The molecule has 1 fully saturated rings. The maximum absolute atomic E-state index is 13.6. The Morgan fingerprint density at radius 1 is 1.16 bits per heavy atom. The number of amides is 1. The number of hydrogen-bond acceptors (Lipinski definition) is 7. The second kappa shape index (κ2) is 10.3. The molecule has 0 saturated heterocycles. The van der Waals surface area contributed by atoms with Crippen molar-refractivity contribution in [2.45, 2.75) is 25.7 Å². The van der Waals surface area contributed by atoms with Gasteiger partial charge >= 0.3 is 0 Å². The third-order valence-electron chi connectivity index (χ3n) is 6.71. The summed E-state index contributed by atoms with van der Waals surface area (Å²) in [5.74, 6) is 0.627. The number of carbonyl (C=O) groups is 1. The number of aryl methyl sites for hydroxylation is 1. The van der Waals surface area contributed by atoms with Gasteiger partial charge in [-0.05, 0) is 42.2 Å². The SMILES string of the molecule is COc1cccc(OC)c1-n1c(CCC2CC2)nc(=O)c(C(=O)N2CC=C(c3ccc(Cl)cn3)C2)c1O. The van der Waals surface area contributed by atoms with E-state index in [1.165, 1.54) is 29.9 Å². The van der Waals surface area contributed by atoms with Crippen molar-refractivity contribution in [3.63, 3.8) is 0 Å². The molecule has 1 amide bonds. The summed E-state index contributed by atoms with van der Waals surface area (Å²) in [7, 11) is 3.01. The Labute approximate surface area is 219 Å². The molecule has 1 aliphatic carbocycles. The van der Waals surface area contributed by atoms with E-state index in [0.29, 0.717) is 46.1 Å². The summed E-state index contributed by atoms with van der Waals surface area (Å²) in [6.07, 6.45) is 6.96. The van der Waals surface area contributed by atoms with Crippen LogP contribution in [0.1, 0.15) is 41.1 Å². The number of benzene rings is 1. The largest absolute Gasteiger partial charge is 0.494 e. The highest BCUT2D eigenvalue weighted by Crippen LogP contribution is 2.38. The minimum absolute atomic E-state index is 0.230. The molecule has 1 aliphatic heterocycles. The number of hydrogen-bond donors (Lipinski definition) is 1. The number of nitrogens with zero attached hydrogens (tertiary/aromatic N) is 4. The van der Waals surface area contributed by atoms with Gasteiger partial charge in [0.25, 0.3) is 11.5 Å². The molecule has 192 valence electrons. The number of rotatable bonds is 8. The lowest BCUT2D eigenvalue weighted by molar-refractivity contribution is 0.0795. The molecule has 1 N–H and O–H groups in total. The summed E-state index contributed by atoms with van der Waals surface area (Å²) in [5.41, 5.74) is 0.722. The van der Waals surface area contributed by atoms with Crippen LogP contribution in [0.4, 0.5) is 0 Å². The Bertz CT molecular complexity index is 1410. The Morgan fingerprint density at radius 3 is 2.51 bits per heavy atom. The molecule has 2 aliphatic rings. The second-order valence-corrected chi connectivity index (χ2v) is 9.57. The van der Waals surface area contributed by atoms with Gasteiger partial charge < -0.3 is 19.5 Å². The minimum Gasteiger partial charge on any atom is -0.494 e. The Balaban J connectivity index is 1.55. The average Bonchev–Trinajstić information content (AvgIpc) is 3.60. The van der Waals surface area contributed by atoms with E-state index in [9.17, 15) is 14.7 Å². The molecule has 3 heterocycles. The van der Waals surface area contributed by atoms with E-state index in [1.54, 1.807) is 30.3 Å². The topological polar surface area (TPSA) is 107 Å². The zero-order valence-electron chi connectivity index (χ0n) is 20.6. The van der Waals surface area contributed by atoms with Crippen LogP contribution in [-0.4, -0.2) is 57.8 Å². The van der Waals surface area contributed by atoms with Crippen LogP contribution in [0.25, 0.3) is 11.3 Å². The highest BCUT2D eigenvalue weighted by atomic mass is 35.5. The van der Waals surface area contributed by atoms with Crippen LogP contribution in [0, 0.1) is 5.92 Å². The van der Waals surface area contributed by atoms with Gasteiger partial charge in [-0.1, -0.05) is 36.6 Å². The summed E-state index contributed by atoms with van der Waals surface area (Å²) in [6.45, 7) is 0.493. The first-order valence-corrected chi connectivity index (χ1v) is 12.5. The fraction of sp³-hybridized carbons (Fsp3) is 0.333. The van der Waals surface area contributed by atoms with Crippen LogP contribution in [0.15, 0.2) is 47.4 Å². The fourth-order valence-electron chi connectivity index (χ4n) is 4.55. The van der Waals surface area contributed by atoms with Crippen LogP contribution >= 0.6 is 11.6 Å². The smallest absolute Gasteiger partial charge is 0.289 e. The monoisotopic (exact) mass is 522 g/mol.